The lowest BCUT2D eigenvalue weighted by atomic mass is 10.0. The van der Waals surface area contributed by atoms with Gasteiger partial charge in [-0.2, -0.15) is 13.2 Å². The number of hydrogen-bond donors (Lipinski definition) is 2. The average Bonchev–Trinajstić information content (AvgIpc) is 2.42. The number of alkyl halides is 3. The minimum Gasteiger partial charge on any atom is -0.497 e. The van der Waals surface area contributed by atoms with Gasteiger partial charge in [-0.1, -0.05) is 12.1 Å². The van der Waals surface area contributed by atoms with Crippen LogP contribution in [0, 0.1) is 0 Å². The van der Waals surface area contributed by atoms with Crippen LogP contribution >= 0.6 is 0 Å². The molecule has 20 heavy (non-hydrogen) atoms. The lowest BCUT2D eigenvalue weighted by molar-refractivity contribution is -0.135. The first-order chi connectivity index (χ1) is 9.44. The number of aryl methyl sites for hydroxylation is 1. The molecule has 1 rings (SSSR count). The summed E-state index contributed by atoms with van der Waals surface area (Å²) >= 11 is 0. The van der Waals surface area contributed by atoms with Gasteiger partial charge < -0.3 is 4.74 Å². The van der Waals surface area contributed by atoms with Gasteiger partial charge in [0.15, 0.2) is 0 Å². The molecule has 0 aromatic heterocycles. The van der Waals surface area contributed by atoms with E-state index in [1.165, 1.54) is 0 Å². The standard InChI is InChI=1S/C14H21F3N2O/c1-20-13-8-5-11(6-9-13)4-7-12(19-18)3-2-10-14(15,16)17/h5-6,8-9,12,19H,2-4,7,10,18H2,1H3. The van der Waals surface area contributed by atoms with E-state index >= 15 is 0 Å². The Kier molecular flexibility index (Phi) is 6.81. The Morgan fingerprint density at radius 1 is 1.20 bits per heavy atom. The summed E-state index contributed by atoms with van der Waals surface area (Å²) in [5.41, 5.74) is 3.70. The lowest BCUT2D eigenvalue weighted by Gasteiger charge is -2.16. The second-order valence-corrected chi connectivity index (χ2v) is 4.76. The minimum atomic E-state index is -4.09. The van der Waals surface area contributed by atoms with Crippen molar-refractivity contribution in [1.82, 2.24) is 5.43 Å². The molecule has 3 N–H and O–H groups in total. The Morgan fingerprint density at radius 2 is 1.85 bits per heavy atom. The van der Waals surface area contributed by atoms with Gasteiger partial charge >= 0.3 is 6.18 Å². The van der Waals surface area contributed by atoms with Crippen LogP contribution in [0.25, 0.3) is 0 Å². The molecule has 6 heteroatoms. The van der Waals surface area contributed by atoms with E-state index in [2.05, 4.69) is 5.43 Å². The summed E-state index contributed by atoms with van der Waals surface area (Å²) in [6, 6.07) is 7.53. The van der Waals surface area contributed by atoms with Crippen LogP contribution in [0.3, 0.4) is 0 Å². The van der Waals surface area contributed by atoms with E-state index in [1.807, 2.05) is 24.3 Å². The summed E-state index contributed by atoms with van der Waals surface area (Å²) in [6.45, 7) is 0. The molecule has 0 aliphatic carbocycles. The van der Waals surface area contributed by atoms with Gasteiger partial charge in [-0.25, -0.2) is 0 Å². The fourth-order valence-corrected chi connectivity index (χ4v) is 1.99. The van der Waals surface area contributed by atoms with Crippen LogP contribution in [0.4, 0.5) is 13.2 Å². The highest BCUT2D eigenvalue weighted by Gasteiger charge is 2.26. The molecule has 0 aliphatic rings. The number of ether oxygens (including phenoxy) is 1. The molecule has 0 bridgehead atoms. The van der Waals surface area contributed by atoms with E-state index in [9.17, 15) is 13.2 Å². The Bertz CT molecular complexity index is 379. The van der Waals surface area contributed by atoms with Crippen LogP contribution in [-0.2, 0) is 6.42 Å². The van der Waals surface area contributed by atoms with Gasteiger partial charge in [-0.05, 0) is 43.4 Å². The summed E-state index contributed by atoms with van der Waals surface area (Å²) < 4.78 is 41.3. The van der Waals surface area contributed by atoms with Gasteiger partial charge in [0, 0.05) is 12.5 Å². The third-order valence-electron chi connectivity index (χ3n) is 3.19. The number of methoxy groups -OCH3 is 1. The number of halogens is 3. The Balaban J connectivity index is 2.32. The fraction of sp³-hybridized carbons (Fsp3) is 0.571. The van der Waals surface area contributed by atoms with Crippen molar-refractivity contribution in [2.75, 3.05) is 7.11 Å². The number of hydrogen-bond acceptors (Lipinski definition) is 3. The smallest absolute Gasteiger partial charge is 0.389 e. The first-order valence-corrected chi connectivity index (χ1v) is 6.60. The molecular weight excluding hydrogens is 269 g/mol. The quantitative estimate of drug-likeness (QED) is 0.571. The van der Waals surface area contributed by atoms with Gasteiger partial charge in [0.2, 0.25) is 0 Å². The Hall–Kier alpha value is -1.27. The topological polar surface area (TPSA) is 47.3 Å². The van der Waals surface area contributed by atoms with Crippen LogP contribution in [0.15, 0.2) is 24.3 Å². The normalized spacial score (nSPS) is 13.2. The van der Waals surface area contributed by atoms with E-state index in [4.69, 9.17) is 10.6 Å². The van der Waals surface area contributed by atoms with Crippen LogP contribution < -0.4 is 16.0 Å². The van der Waals surface area contributed by atoms with Gasteiger partial charge in [0.05, 0.1) is 7.11 Å². The van der Waals surface area contributed by atoms with Gasteiger partial charge in [-0.15, -0.1) is 0 Å². The highest BCUT2D eigenvalue weighted by atomic mass is 19.4. The molecule has 1 unspecified atom stereocenters. The maximum Gasteiger partial charge on any atom is 0.389 e. The number of hydrazine groups is 1. The van der Waals surface area contributed by atoms with Crippen LogP contribution in [0.2, 0.25) is 0 Å². The van der Waals surface area contributed by atoms with Gasteiger partial charge in [0.1, 0.15) is 5.75 Å². The highest BCUT2D eigenvalue weighted by molar-refractivity contribution is 5.27. The molecule has 1 aromatic rings. The summed E-state index contributed by atoms with van der Waals surface area (Å²) in [5.74, 6) is 6.17. The van der Waals surface area contributed by atoms with Crippen LogP contribution in [0.5, 0.6) is 5.75 Å². The maximum absolute atomic E-state index is 12.1. The van der Waals surface area contributed by atoms with Gasteiger partial charge in [-0.3, -0.25) is 11.3 Å². The predicted molar refractivity (Wildman–Crippen MR) is 72.3 cm³/mol. The maximum atomic E-state index is 12.1. The highest BCUT2D eigenvalue weighted by Crippen LogP contribution is 2.23. The zero-order valence-electron chi connectivity index (χ0n) is 11.5. The largest absolute Gasteiger partial charge is 0.497 e. The van der Waals surface area contributed by atoms with E-state index in [1.54, 1.807) is 7.11 Å². The SMILES string of the molecule is COc1ccc(CCC(CCCC(F)(F)F)NN)cc1. The monoisotopic (exact) mass is 290 g/mol. The van der Waals surface area contributed by atoms with Crippen molar-refractivity contribution in [1.29, 1.82) is 0 Å². The van der Waals surface area contributed by atoms with Crippen molar-refractivity contribution in [2.45, 2.75) is 44.3 Å². The molecule has 0 spiro atoms. The molecule has 0 saturated carbocycles. The first-order valence-electron chi connectivity index (χ1n) is 6.60. The molecule has 0 aliphatic heterocycles. The predicted octanol–water partition coefficient (Wildman–Crippen LogP) is 3.19. The van der Waals surface area contributed by atoms with E-state index in [0.717, 1.165) is 17.7 Å². The van der Waals surface area contributed by atoms with Crippen molar-refractivity contribution in [3.8, 4) is 5.75 Å². The molecule has 0 fully saturated rings. The molecule has 3 nitrogen and oxygen atoms in total. The summed E-state index contributed by atoms with van der Waals surface area (Å²) in [5, 5.41) is 0. The second-order valence-electron chi connectivity index (χ2n) is 4.76. The molecule has 1 aromatic carbocycles. The van der Waals surface area contributed by atoms with Crippen molar-refractivity contribution < 1.29 is 17.9 Å². The average molecular weight is 290 g/mol. The number of benzene rings is 1. The van der Waals surface area contributed by atoms with Crippen molar-refractivity contribution >= 4 is 0 Å². The molecule has 0 radical (unpaired) electrons. The van der Waals surface area contributed by atoms with E-state index < -0.39 is 12.6 Å². The first kappa shape index (κ1) is 16.8. The second kappa shape index (κ2) is 8.11. The molecule has 114 valence electrons. The van der Waals surface area contributed by atoms with E-state index in [0.29, 0.717) is 12.8 Å². The molecular formula is C14H21F3N2O. The van der Waals surface area contributed by atoms with Crippen molar-refractivity contribution in [2.24, 2.45) is 5.84 Å². The number of nitrogens with two attached hydrogens (primary N) is 1. The van der Waals surface area contributed by atoms with Crippen LogP contribution in [0.1, 0.15) is 31.2 Å². The summed E-state index contributed by atoms with van der Waals surface area (Å²) in [6.07, 6.45) is -2.85. The Morgan fingerprint density at radius 3 is 2.35 bits per heavy atom. The van der Waals surface area contributed by atoms with Crippen LogP contribution in [-0.4, -0.2) is 19.3 Å². The zero-order chi connectivity index (χ0) is 15.0. The fourth-order valence-electron chi connectivity index (χ4n) is 1.99. The van der Waals surface area contributed by atoms with Crippen molar-refractivity contribution in [3.05, 3.63) is 29.8 Å². The lowest BCUT2D eigenvalue weighted by Crippen LogP contribution is -2.35. The minimum absolute atomic E-state index is 0.0977. The summed E-state index contributed by atoms with van der Waals surface area (Å²) in [7, 11) is 1.60. The number of rotatable bonds is 8. The molecule has 1 atom stereocenters. The zero-order valence-corrected chi connectivity index (χ0v) is 11.5. The van der Waals surface area contributed by atoms with E-state index in [-0.39, 0.29) is 12.5 Å². The third-order valence-corrected chi connectivity index (χ3v) is 3.19. The Labute approximate surface area is 117 Å². The third kappa shape index (κ3) is 6.77. The van der Waals surface area contributed by atoms with Gasteiger partial charge in [0.25, 0.3) is 0 Å². The summed E-state index contributed by atoms with van der Waals surface area (Å²) in [4.78, 5) is 0. The van der Waals surface area contributed by atoms with Crippen molar-refractivity contribution in [3.63, 3.8) is 0 Å². The molecule has 0 amide bonds. The number of nitrogens with one attached hydrogen (secondary N) is 1. The molecule has 0 saturated heterocycles. The molecule has 0 heterocycles.